The van der Waals surface area contributed by atoms with Crippen molar-refractivity contribution in [3.05, 3.63) is 29.8 Å². The highest BCUT2D eigenvalue weighted by Crippen LogP contribution is 2.32. The highest BCUT2D eigenvalue weighted by Gasteiger charge is 2.24. The lowest BCUT2D eigenvalue weighted by atomic mass is 9.98. The molecule has 1 aliphatic rings. The normalized spacial score (nSPS) is 26.3. The monoisotopic (exact) mass is 179 g/mol. The molecule has 2 atom stereocenters. The topological polar surface area (TPSA) is 55.5 Å². The van der Waals surface area contributed by atoms with E-state index in [1.54, 1.807) is 0 Å². The fourth-order valence-corrected chi connectivity index (χ4v) is 1.64. The van der Waals surface area contributed by atoms with Crippen LogP contribution in [0.25, 0.3) is 0 Å². The Balaban J connectivity index is 2.31. The van der Waals surface area contributed by atoms with Crippen molar-refractivity contribution in [2.45, 2.75) is 18.6 Å². The molecular weight excluding hydrogens is 166 g/mol. The van der Waals surface area contributed by atoms with Gasteiger partial charge in [0.1, 0.15) is 11.9 Å². The first-order chi connectivity index (χ1) is 6.31. The summed E-state index contributed by atoms with van der Waals surface area (Å²) in [5.41, 5.74) is 6.96. The summed E-state index contributed by atoms with van der Waals surface area (Å²) in [5.74, 6) is 0.806. The van der Waals surface area contributed by atoms with Gasteiger partial charge in [0.05, 0.1) is 6.61 Å². The van der Waals surface area contributed by atoms with E-state index in [2.05, 4.69) is 0 Å². The molecule has 1 aliphatic heterocycles. The minimum atomic E-state index is -0.148. The lowest BCUT2D eigenvalue weighted by molar-refractivity contribution is 0.0888. The van der Waals surface area contributed by atoms with Gasteiger partial charge in [-0.05, 0) is 6.07 Å². The maximum absolute atomic E-state index is 8.95. The fourth-order valence-electron chi connectivity index (χ4n) is 1.64. The minimum Gasteiger partial charge on any atom is -0.488 e. The zero-order valence-corrected chi connectivity index (χ0v) is 7.31. The molecule has 13 heavy (non-hydrogen) atoms. The SMILES string of the molecule is NC1CC(CO)Oc2ccccc21. The third-order valence-corrected chi connectivity index (χ3v) is 2.33. The van der Waals surface area contributed by atoms with Crippen LogP contribution in [0.5, 0.6) is 5.75 Å². The van der Waals surface area contributed by atoms with Gasteiger partial charge in [-0.1, -0.05) is 18.2 Å². The van der Waals surface area contributed by atoms with Crippen LogP contribution in [0, 0.1) is 0 Å². The number of aliphatic hydroxyl groups excluding tert-OH is 1. The molecule has 0 fully saturated rings. The lowest BCUT2D eigenvalue weighted by Gasteiger charge is -2.28. The first-order valence-corrected chi connectivity index (χ1v) is 4.43. The van der Waals surface area contributed by atoms with Gasteiger partial charge in [0, 0.05) is 18.0 Å². The number of rotatable bonds is 1. The maximum atomic E-state index is 8.95. The van der Waals surface area contributed by atoms with Crippen LogP contribution in [-0.2, 0) is 0 Å². The van der Waals surface area contributed by atoms with Gasteiger partial charge in [0.15, 0.2) is 0 Å². The second-order valence-electron chi connectivity index (χ2n) is 3.30. The van der Waals surface area contributed by atoms with Crippen LogP contribution in [0.3, 0.4) is 0 Å². The van der Waals surface area contributed by atoms with Gasteiger partial charge < -0.3 is 15.6 Å². The molecule has 0 saturated heterocycles. The van der Waals surface area contributed by atoms with Crippen LogP contribution in [0.4, 0.5) is 0 Å². The molecule has 2 unspecified atom stereocenters. The summed E-state index contributed by atoms with van der Waals surface area (Å²) in [7, 11) is 0. The average Bonchev–Trinajstić information content (AvgIpc) is 2.18. The Hall–Kier alpha value is -1.06. The third kappa shape index (κ3) is 1.53. The van der Waals surface area contributed by atoms with Gasteiger partial charge in [0.2, 0.25) is 0 Å². The fraction of sp³-hybridized carbons (Fsp3) is 0.400. The number of benzene rings is 1. The number of nitrogens with two attached hydrogens (primary N) is 1. The van der Waals surface area contributed by atoms with Crippen molar-refractivity contribution in [1.82, 2.24) is 0 Å². The van der Waals surface area contributed by atoms with Gasteiger partial charge in [0.25, 0.3) is 0 Å². The molecule has 1 aromatic rings. The number of ether oxygens (including phenoxy) is 1. The van der Waals surface area contributed by atoms with Crippen molar-refractivity contribution in [3.8, 4) is 5.75 Å². The van der Waals surface area contributed by atoms with Crippen LogP contribution in [0.2, 0.25) is 0 Å². The van der Waals surface area contributed by atoms with Gasteiger partial charge in [-0.25, -0.2) is 0 Å². The van der Waals surface area contributed by atoms with Gasteiger partial charge in [-0.3, -0.25) is 0 Å². The molecule has 0 spiro atoms. The molecule has 1 heterocycles. The van der Waals surface area contributed by atoms with E-state index in [1.807, 2.05) is 24.3 Å². The quantitative estimate of drug-likeness (QED) is 0.671. The standard InChI is InChI=1S/C10H13NO2/c11-9-5-7(6-12)13-10-4-2-1-3-8(9)10/h1-4,7,9,12H,5-6,11H2. The Morgan fingerprint density at radius 3 is 3.00 bits per heavy atom. The summed E-state index contributed by atoms with van der Waals surface area (Å²) in [6.45, 7) is 0.0298. The predicted molar refractivity (Wildman–Crippen MR) is 49.5 cm³/mol. The smallest absolute Gasteiger partial charge is 0.124 e. The molecule has 3 heteroatoms. The molecule has 3 N–H and O–H groups in total. The van der Waals surface area contributed by atoms with Crippen molar-refractivity contribution >= 4 is 0 Å². The third-order valence-electron chi connectivity index (χ3n) is 2.33. The minimum absolute atomic E-state index is 0.0119. The average molecular weight is 179 g/mol. The van der Waals surface area contributed by atoms with Crippen LogP contribution < -0.4 is 10.5 Å². The van der Waals surface area contributed by atoms with E-state index in [4.69, 9.17) is 15.6 Å². The Bertz CT molecular complexity index is 301. The number of aliphatic hydroxyl groups is 1. The number of hydrogen-bond acceptors (Lipinski definition) is 3. The molecule has 0 aromatic heterocycles. The summed E-state index contributed by atoms with van der Waals surface area (Å²) in [6, 6.07) is 7.69. The summed E-state index contributed by atoms with van der Waals surface area (Å²) >= 11 is 0. The van der Waals surface area contributed by atoms with E-state index in [9.17, 15) is 0 Å². The highest BCUT2D eigenvalue weighted by atomic mass is 16.5. The summed E-state index contributed by atoms with van der Waals surface area (Å²) in [5, 5.41) is 8.95. The zero-order valence-electron chi connectivity index (χ0n) is 7.31. The summed E-state index contributed by atoms with van der Waals surface area (Å²) in [4.78, 5) is 0. The largest absolute Gasteiger partial charge is 0.488 e. The Labute approximate surface area is 77.1 Å². The van der Waals surface area contributed by atoms with Crippen LogP contribution in [-0.4, -0.2) is 17.8 Å². The molecule has 0 radical (unpaired) electrons. The molecule has 0 bridgehead atoms. The number of para-hydroxylation sites is 1. The van der Waals surface area contributed by atoms with Crippen molar-refractivity contribution < 1.29 is 9.84 Å². The number of hydrogen-bond donors (Lipinski definition) is 2. The van der Waals surface area contributed by atoms with Crippen molar-refractivity contribution in [2.24, 2.45) is 5.73 Å². The summed E-state index contributed by atoms with van der Waals surface area (Å²) in [6.07, 6.45) is 0.540. The molecule has 0 amide bonds. The van der Waals surface area contributed by atoms with E-state index in [0.29, 0.717) is 6.42 Å². The van der Waals surface area contributed by atoms with Gasteiger partial charge in [-0.2, -0.15) is 0 Å². The Morgan fingerprint density at radius 2 is 2.23 bits per heavy atom. The number of fused-ring (bicyclic) bond motifs is 1. The van der Waals surface area contributed by atoms with E-state index >= 15 is 0 Å². The maximum Gasteiger partial charge on any atom is 0.124 e. The van der Waals surface area contributed by atoms with Gasteiger partial charge >= 0.3 is 0 Å². The predicted octanol–water partition coefficient (Wildman–Crippen LogP) is 0.830. The van der Waals surface area contributed by atoms with E-state index in [1.165, 1.54) is 0 Å². The van der Waals surface area contributed by atoms with Crippen molar-refractivity contribution in [3.63, 3.8) is 0 Å². The van der Waals surface area contributed by atoms with Crippen LogP contribution >= 0.6 is 0 Å². The second kappa shape index (κ2) is 3.36. The molecule has 2 rings (SSSR count). The zero-order chi connectivity index (χ0) is 9.26. The lowest BCUT2D eigenvalue weighted by Crippen LogP contribution is -2.31. The molecular formula is C10H13NO2. The highest BCUT2D eigenvalue weighted by molar-refractivity contribution is 5.37. The molecule has 0 aliphatic carbocycles. The van der Waals surface area contributed by atoms with Crippen LogP contribution in [0.15, 0.2) is 24.3 Å². The Kier molecular flexibility index (Phi) is 2.20. The van der Waals surface area contributed by atoms with Crippen molar-refractivity contribution in [2.75, 3.05) is 6.61 Å². The summed E-state index contributed by atoms with van der Waals surface area (Å²) < 4.78 is 5.52. The van der Waals surface area contributed by atoms with Crippen molar-refractivity contribution in [1.29, 1.82) is 0 Å². The van der Waals surface area contributed by atoms with Gasteiger partial charge in [-0.15, -0.1) is 0 Å². The first-order valence-electron chi connectivity index (χ1n) is 4.43. The van der Waals surface area contributed by atoms with E-state index in [-0.39, 0.29) is 18.8 Å². The molecule has 3 nitrogen and oxygen atoms in total. The molecule has 0 saturated carbocycles. The second-order valence-corrected chi connectivity index (χ2v) is 3.30. The van der Waals surface area contributed by atoms with E-state index in [0.717, 1.165) is 11.3 Å². The molecule has 70 valence electrons. The molecule has 1 aromatic carbocycles. The first kappa shape index (κ1) is 8.53. The van der Waals surface area contributed by atoms with E-state index < -0.39 is 0 Å². The Morgan fingerprint density at radius 1 is 1.46 bits per heavy atom. The van der Waals surface area contributed by atoms with Crippen LogP contribution in [0.1, 0.15) is 18.0 Å².